The monoisotopic (exact) mass is 427 g/mol. The fourth-order valence-corrected chi connectivity index (χ4v) is 4.20. The molecule has 2 heterocycles. The van der Waals surface area contributed by atoms with Gasteiger partial charge in [-0.25, -0.2) is 4.79 Å². The Hall–Kier alpha value is -3.99. The maximum Gasteiger partial charge on any atom is 0.339 e. The van der Waals surface area contributed by atoms with Gasteiger partial charge in [0.2, 0.25) is 0 Å². The summed E-state index contributed by atoms with van der Waals surface area (Å²) in [5, 5.41) is 11.6. The highest BCUT2D eigenvalue weighted by Crippen LogP contribution is 2.56. The number of anilines is 1. The number of esters is 1. The van der Waals surface area contributed by atoms with Crippen LogP contribution in [0.15, 0.2) is 78.9 Å². The van der Waals surface area contributed by atoms with Crippen molar-refractivity contribution in [3.63, 3.8) is 0 Å². The van der Waals surface area contributed by atoms with E-state index in [9.17, 15) is 9.90 Å². The first-order valence-electron chi connectivity index (χ1n) is 10.2. The number of aliphatic hydroxyl groups excluding tert-OH is 1. The van der Waals surface area contributed by atoms with Crippen molar-refractivity contribution >= 4 is 24.0 Å². The van der Waals surface area contributed by atoms with Crippen LogP contribution in [-0.2, 0) is 15.1 Å². The predicted molar refractivity (Wildman–Crippen MR) is 127 cm³/mol. The van der Waals surface area contributed by atoms with Crippen molar-refractivity contribution < 1.29 is 19.4 Å². The molecule has 1 atom stereocenters. The van der Waals surface area contributed by atoms with Crippen LogP contribution < -0.4 is 20.1 Å². The predicted octanol–water partition coefficient (Wildman–Crippen LogP) is 3.98. The standard InChI is InChI=1S/C27H25NO4/c1-7-9-10-19-17(4)26(30)32-27(19)20-14-12-18(28(5)6)15-23(20)31-25-21(27)13-11-16(3)24(25)22(29)8-2/h7-15,29H,2-4H2,1,5-6H3/b9-7-,19-10+,24-22-. The molecule has 4 rings (SSSR count). The zero-order valence-electron chi connectivity index (χ0n) is 18.4. The quantitative estimate of drug-likeness (QED) is 0.593. The lowest BCUT2D eigenvalue weighted by atomic mass is 9.76. The van der Waals surface area contributed by atoms with Gasteiger partial charge >= 0.3 is 5.97 Å². The van der Waals surface area contributed by atoms with E-state index in [-0.39, 0.29) is 11.3 Å². The number of carbonyl (C=O) groups is 1. The largest absolute Gasteiger partial charge is 0.507 e. The molecule has 1 saturated heterocycles. The molecule has 2 aliphatic rings. The van der Waals surface area contributed by atoms with Crippen molar-refractivity contribution in [3.8, 4) is 11.5 Å². The van der Waals surface area contributed by atoms with Crippen LogP contribution >= 0.6 is 0 Å². The summed E-state index contributed by atoms with van der Waals surface area (Å²) in [5.74, 6) is 0.304. The highest BCUT2D eigenvalue weighted by atomic mass is 16.6. The molecule has 1 spiro atoms. The minimum atomic E-state index is -1.27. The number of nitrogens with zero attached hydrogens (tertiary/aromatic N) is 1. The van der Waals surface area contributed by atoms with Crippen LogP contribution in [0.1, 0.15) is 18.1 Å². The van der Waals surface area contributed by atoms with E-state index in [0.717, 1.165) is 5.69 Å². The highest BCUT2D eigenvalue weighted by molar-refractivity contribution is 5.99. The van der Waals surface area contributed by atoms with Gasteiger partial charge in [0.1, 0.15) is 17.3 Å². The molecule has 1 unspecified atom stereocenters. The smallest absolute Gasteiger partial charge is 0.339 e. The minimum absolute atomic E-state index is 0.0728. The number of carbonyl (C=O) groups excluding carboxylic acids is 1. The average molecular weight is 428 g/mol. The summed E-state index contributed by atoms with van der Waals surface area (Å²) in [6.45, 7) is 13.6. The zero-order valence-corrected chi connectivity index (χ0v) is 18.4. The fraction of sp³-hybridized carbons (Fsp3) is 0.148. The maximum atomic E-state index is 12.8. The molecule has 2 aromatic carbocycles. The molecule has 0 amide bonds. The van der Waals surface area contributed by atoms with Crippen molar-refractivity contribution in [1.29, 1.82) is 0 Å². The molecule has 0 aromatic heterocycles. The van der Waals surface area contributed by atoms with E-state index in [2.05, 4.69) is 19.7 Å². The summed E-state index contributed by atoms with van der Waals surface area (Å²) < 4.78 is 12.5. The molecule has 162 valence electrons. The number of hydrogen-bond donors (Lipinski definition) is 1. The van der Waals surface area contributed by atoms with E-state index in [1.165, 1.54) is 6.08 Å². The molecule has 2 aliphatic heterocycles. The topological polar surface area (TPSA) is 59.0 Å². The second kappa shape index (κ2) is 7.61. The Labute approximate surface area is 187 Å². The molecular weight excluding hydrogens is 402 g/mol. The van der Waals surface area contributed by atoms with Crippen LogP contribution in [0.5, 0.6) is 11.5 Å². The molecule has 0 bridgehead atoms. The van der Waals surface area contributed by atoms with E-state index in [1.54, 1.807) is 6.07 Å². The molecule has 5 heteroatoms. The Morgan fingerprint density at radius 2 is 1.88 bits per heavy atom. The van der Waals surface area contributed by atoms with Gasteiger partial charge in [0.05, 0.1) is 10.8 Å². The summed E-state index contributed by atoms with van der Waals surface area (Å²) >= 11 is 0. The highest BCUT2D eigenvalue weighted by Gasteiger charge is 2.55. The molecule has 0 saturated carbocycles. The van der Waals surface area contributed by atoms with Crippen LogP contribution in [0.25, 0.3) is 12.3 Å². The lowest BCUT2D eigenvalue weighted by Crippen LogP contribution is -2.38. The Kier molecular flexibility index (Phi) is 5.05. The molecule has 0 aliphatic carbocycles. The third-order valence-electron chi connectivity index (χ3n) is 5.80. The third kappa shape index (κ3) is 2.89. The average Bonchev–Trinajstić information content (AvgIpc) is 3.01. The first-order chi connectivity index (χ1) is 15.3. The Balaban J connectivity index is 2.20. The van der Waals surface area contributed by atoms with E-state index in [0.29, 0.717) is 38.6 Å². The number of fused-ring (bicyclic) bond motifs is 4. The number of benzene rings is 2. The number of rotatable bonds is 3. The van der Waals surface area contributed by atoms with Crippen LogP contribution in [-0.4, -0.2) is 25.2 Å². The van der Waals surface area contributed by atoms with Crippen LogP contribution in [0.4, 0.5) is 5.69 Å². The summed E-state index contributed by atoms with van der Waals surface area (Å²) in [7, 11) is 3.86. The minimum Gasteiger partial charge on any atom is -0.507 e. The first-order valence-corrected chi connectivity index (χ1v) is 10.2. The lowest BCUT2D eigenvalue weighted by molar-refractivity contribution is -0.143. The van der Waals surface area contributed by atoms with Crippen molar-refractivity contribution in [2.75, 3.05) is 19.0 Å². The molecule has 2 aromatic rings. The van der Waals surface area contributed by atoms with Gasteiger partial charge in [0.15, 0.2) is 5.60 Å². The van der Waals surface area contributed by atoms with Gasteiger partial charge in [-0.3, -0.25) is 0 Å². The Morgan fingerprint density at radius 1 is 1.16 bits per heavy atom. The van der Waals surface area contributed by atoms with Crippen molar-refractivity contribution in [2.45, 2.75) is 12.5 Å². The van der Waals surface area contributed by atoms with Crippen LogP contribution in [0, 0.1) is 0 Å². The molecule has 32 heavy (non-hydrogen) atoms. The number of hydrogen-bond acceptors (Lipinski definition) is 5. The third-order valence-corrected chi connectivity index (χ3v) is 5.80. The Morgan fingerprint density at radius 3 is 2.53 bits per heavy atom. The van der Waals surface area contributed by atoms with Gasteiger partial charge in [0.25, 0.3) is 0 Å². The summed E-state index contributed by atoms with van der Waals surface area (Å²) in [6, 6.07) is 9.31. The van der Waals surface area contributed by atoms with Gasteiger partial charge in [-0.1, -0.05) is 44.0 Å². The summed E-state index contributed by atoms with van der Waals surface area (Å²) in [6.07, 6.45) is 6.88. The van der Waals surface area contributed by atoms with E-state index >= 15 is 0 Å². The normalized spacial score (nSPS) is 21.3. The fourth-order valence-electron chi connectivity index (χ4n) is 4.20. The second-order valence-electron chi connectivity index (χ2n) is 7.90. The van der Waals surface area contributed by atoms with Crippen LogP contribution in [0.2, 0.25) is 0 Å². The second-order valence-corrected chi connectivity index (χ2v) is 7.90. The van der Waals surface area contributed by atoms with E-state index in [4.69, 9.17) is 9.47 Å². The first kappa shape index (κ1) is 21.2. The van der Waals surface area contributed by atoms with Gasteiger partial charge in [-0.15, -0.1) is 0 Å². The molecule has 5 nitrogen and oxygen atoms in total. The maximum absolute atomic E-state index is 12.8. The number of allylic oxidation sites excluding steroid dienone is 3. The van der Waals surface area contributed by atoms with Crippen LogP contribution in [0.3, 0.4) is 0 Å². The van der Waals surface area contributed by atoms with E-state index < -0.39 is 11.6 Å². The van der Waals surface area contributed by atoms with Gasteiger partial charge in [-0.2, -0.15) is 0 Å². The van der Waals surface area contributed by atoms with Gasteiger partial charge in [0, 0.05) is 42.5 Å². The number of aliphatic hydroxyl groups is 1. The molecule has 1 fully saturated rings. The summed E-state index contributed by atoms with van der Waals surface area (Å²) in [5.41, 5.74) is 1.79. The van der Waals surface area contributed by atoms with Crippen molar-refractivity contribution in [1.82, 2.24) is 0 Å². The molecule has 1 N–H and O–H groups in total. The SMILES string of the molecule is C=C/C(O)=c1/c2c(ccc1=C)C1(OC(=O)C(=C)/C1=C\C=C/C)c1ccc(N(C)C)cc1O2. The number of ether oxygens (including phenoxy) is 2. The van der Waals surface area contributed by atoms with Gasteiger partial charge < -0.3 is 19.5 Å². The van der Waals surface area contributed by atoms with Crippen molar-refractivity contribution in [2.24, 2.45) is 0 Å². The zero-order chi connectivity index (χ0) is 23.2. The van der Waals surface area contributed by atoms with Crippen molar-refractivity contribution in [3.05, 3.63) is 101 Å². The van der Waals surface area contributed by atoms with Gasteiger partial charge in [-0.05, 0) is 36.4 Å². The molecular formula is C27H25NO4. The lowest BCUT2D eigenvalue weighted by Gasteiger charge is -2.37. The molecule has 0 radical (unpaired) electrons. The van der Waals surface area contributed by atoms with E-state index in [1.807, 2.05) is 68.4 Å². The Bertz CT molecular complexity index is 1350. The summed E-state index contributed by atoms with van der Waals surface area (Å²) in [4.78, 5) is 14.8.